The number of benzene rings is 1. The molecule has 1 amide bonds. The maximum absolute atomic E-state index is 11.6. The number of carbonyl (C=O) groups excluding carboxylic acids is 1. The summed E-state index contributed by atoms with van der Waals surface area (Å²) in [6, 6.07) is 4.95. The molecule has 0 spiro atoms. The molecular formula is C10H13ClN2O2. The van der Waals surface area contributed by atoms with Gasteiger partial charge in [-0.25, -0.2) is 0 Å². The Morgan fingerprint density at radius 3 is 3.00 bits per heavy atom. The molecule has 0 aliphatic carbocycles. The molecule has 1 aromatic carbocycles. The Morgan fingerprint density at radius 2 is 2.33 bits per heavy atom. The summed E-state index contributed by atoms with van der Waals surface area (Å²) >= 11 is 5.79. The van der Waals surface area contributed by atoms with Crippen LogP contribution in [0.25, 0.3) is 0 Å². The van der Waals surface area contributed by atoms with Crippen molar-refractivity contribution in [3.63, 3.8) is 0 Å². The number of para-hydroxylation sites is 1. The van der Waals surface area contributed by atoms with E-state index in [0.717, 1.165) is 0 Å². The van der Waals surface area contributed by atoms with Gasteiger partial charge in [-0.15, -0.1) is 0 Å². The molecule has 0 radical (unpaired) electrons. The van der Waals surface area contributed by atoms with Crippen LogP contribution in [-0.4, -0.2) is 26.2 Å². The molecule has 0 unspecified atom stereocenters. The monoisotopic (exact) mass is 228 g/mol. The van der Waals surface area contributed by atoms with Crippen LogP contribution in [0.5, 0.6) is 0 Å². The molecule has 15 heavy (non-hydrogen) atoms. The molecular weight excluding hydrogens is 216 g/mol. The minimum Gasteiger partial charge on any atom is -0.397 e. The third-order valence-electron chi connectivity index (χ3n) is 1.89. The van der Waals surface area contributed by atoms with Crippen molar-refractivity contribution in [1.82, 2.24) is 5.32 Å². The van der Waals surface area contributed by atoms with Crippen LogP contribution < -0.4 is 11.1 Å². The van der Waals surface area contributed by atoms with Crippen molar-refractivity contribution in [3.05, 3.63) is 28.8 Å². The first-order chi connectivity index (χ1) is 7.16. The molecule has 5 heteroatoms. The van der Waals surface area contributed by atoms with Gasteiger partial charge in [0.15, 0.2) is 0 Å². The van der Waals surface area contributed by atoms with Crippen LogP contribution in [0, 0.1) is 0 Å². The molecule has 0 aromatic heterocycles. The Kier molecular flexibility index (Phi) is 4.39. The number of ether oxygens (including phenoxy) is 1. The molecule has 0 saturated heterocycles. The predicted octanol–water partition coefficient (Wildman–Crippen LogP) is 1.30. The summed E-state index contributed by atoms with van der Waals surface area (Å²) in [5.41, 5.74) is 6.35. The van der Waals surface area contributed by atoms with Crippen LogP contribution in [0.15, 0.2) is 18.2 Å². The van der Waals surface area contributed by atoms with Gasteiger partial charge in [0, 0.05) is 13.7 Å². The highest BCUT2D eigenvalue weighted by molar-refractivity contribution is 6.33. The minimum absolute atomic E-state index is 0.243. The second-order valence-electron chi connectivity index (χ2n) is 2.95. The number of nitrogens with two attached hydrogens (primary N) is 1. The molecule has 0 atom stereocenters. The van der Waals surface area contributed by atoms with Crippen molar-refractivity contribution < 1.29 is 9.53 Å². The Balaban J connectivity index is 2.69. The van der Waals surface area contributed by atoms with Crippen LogP contribution in [0.3, 0.4) is 0 Å². The quantitative estimate of drug-likeness (QED) is 0.603. The number of anilines is 1. The zero-order valence-corrected chi connectivity index (χ0v) is 9.17. The molecule has 0 aliphatic rings. The Morgan fingerprint density at radius 1 is 1.60 bits per heavy atom. The molecule has 0 fully saturated rings. The third-order valence-corrected chi connectivity index (χ3v) is 2.22. The van der Waals surface area contributed by atoms with E-state index in [-0.39, 0.29) is 5.91 Å². The molecule has 0 bridgehead atoms. The van der Waals surface area contributed by atoms with E-state index < -0.39 is 0 Å². The summed E-state index contributed by atoms with van der Waals surface area (Å²) in [5.74, 6) is -0.243. The van der Waals surface area contributed by atoms with Crippen molar-refractivity contribution >= 4 is 23.2 Å². The number of methoxy groups -OCH3 is 1. The van der Waals surface area contributed by atoms with Crippen molar-refractivity contribution in [2.45, 2.75) is 0 Å². The van der Waals surface area contributed by atoms with Gasteiger partial charge in [-0.3, -0.25) is 4.79 Å². The van der Waals surface area contributed by atoms with E-state index in [1.807, 2.05) is 0 Å². The van der Waals surface area contributed by atoms with Crippen LogP contribution in [-0.2, 0) is 4.74 Å². The van der Waals surface area contributed by atoms with E-state index in [0.29, 0.717) is 29.4 Å². The van der Waals surface area contributed by atoms with Crippen molar-refractivity contribution in [2.24, 2.45) is 0 Å². The van der Waals surface area contributed by atoms with Crippen LogP contribution in [0.4, 0.5) is 5.69 Å². The second-order valence-corrected chi connectivity index (χ2v) is 3.36. The number of amides is 1. The van der Waals surface area contributed by atoms with Crippen molar-refractivity contribution in [2.75, 3.05) is 26.0 Å². The lowest BCUT2D eigenvalue weighted by molar-refractivity contribution is 0.0938. The zero-order valence-electron chi connectivity index (χ0n) is 8.42. The summed E-state index contributed by atoms with van der Waals surface area (Å²) in [5, 5.41) is 3.05. The average molecular weight is 229 g/mol. The zero-order chi connectivity index (χ0) is 11.3. The number of rotatable bonds is 4. The first kappa shape index (κ1) is 11.8. The third kappa shape index (κ3) is 3.11. The van der Waals surface area contributed by atoms with E-state index in [2.05, 4.69) is 5.32 Å². The fraction of sp³-hybridized carbons (Fsp3) is 0.300. The normalized spacial score (nSPS) is 10.0. The lowest BCUT2D eigenvalue weighted by atomic mass is 10.1. The highest BCUT2D eigenvalue weighted by atomic mass is 35.5. The Hall–Kier alpha value is -1.26. The summed E-state index contributed by atoms with van der Waals surface area (Å²) < 4.78 is 4.81. The van der Waals surface area contributed by atoms with Gasteiger partial charge in [0.1, 0.15) is 0 Å². The maximum Gasteiger partial charge on any atom is 0.253 e. The van der Waals surface area contributed by atoms with Gasteiger partial charge in [0.05, 0.1) is 22.9 Å². The van der Waals surface area contributed by atoms with Crippen LogP contribution in [0.2, 0.25) is 5.02 Å². The maximum atomic E-state index is 11.6. The lowest BCUT2D eigenvalue weighted by Gasteiger charge is -2.07. The standard InChI is InChI=1S/C10H13ClN2O2/c1-15-6-5-13-10(14)7-3-2-4-8(11)9(7)12/h2-4H,5-6,12H2,1H3,(H,13,14). The number of halogens is 1. The van der Waals surface area contributed by atoms with Crippen LogP contribution >= 0.6 is 11.6 Å². The van der Waals surface area contributed by atoms with Crippen molar-refractivity contribution in [3.8, 4) is 0 Å². The first-order valence-electron chi connectivity index (χ1n) is 4.48. The van der Waals surface area contributed by atoms with Gasteiger partial charge in [-0.2, -0.15) is 0 Å². The summed E-state index contributed by atoms with van der Waals surface area (Å²) in [6.45, 7) is 0.910. The van der Waals surface area contributed by atoms with Crippen LogP contribution in [0.1, 0.15) is 10.4 Å². The smallest absolute Gasteiger partial charge is 0.253 e. The molecule has 1 aromatic rings. The molecule has 82 valence electrons. The molecule has 3 N–H and O–H groups in total. The molecule has 0 saturated carbocycles. The number of hydrogen-bond acceptors (Lipinski definition) is 3. The largest absolute Gasteiger partial charge is 0.397 e. The summed E-state index contributed by atoms with van der Waals surface area (Å²) in [6.07, 6.45) is 0. The molecule has 0 heterocycles. The van der Waals surface area contributed by atoms with Gasteiger partial charge >= 0.3 is 0 Å². The number of hydrogen-bond donors (Lipinski definition) is 2. The average Bonchev–Trinajstić information content (AvgIpc) is 2.22. The fourth-order valence-electron chi connectivity index (χ4n) is 1.10. The van der Waals surface area contributed by atoms with E-state index in [4.69, 9.17) is 22.1 Å². The van der Waals surface area contributed by atoms with Gasteiger partial charge in [0.2, 0.25) is 0 Å². The van der Waals surface area contributed by atoms with Gasteiger partial charge in [-0.05, 0) is 12.1 Å². The highest BCUT2D eigenvalue weighted by Gasteiger charge is 2.10. The number of nitrogens with one attached hydrogen (secondary N) is 1. The minimum atomic E-state index is -0.243. The second kappa shape index (κ2) is 5.58. The Bertz CT molecular complexity index is 355. The Labute approximate surface area is 93.4 Å². The summed E-state index contributed by atoms with van der Waals surface area (Å²) in [4.78, 5) is 11.6. The summed E-state index contributed by atoms with van der Waals surface area (Å²) in [7, 11) is 1.57. The SMILES string of the molecule is COCCNC(=O)c1cccc(Cl)c1N. The van der Waals surface area contributed by atoms with Gasteiger partial charge < -0.3 is 15.8 Å². The fourth-order valence-corrected chi connectivity index (χ4v) is 1.27. The van der Waals surface area contributed by atoms with E-state index >= 15 is 0 Å². The lowest BCUT2D eigenvalue weighted by Crippen LogP contribution is -2.27. The molecule has 1 rings (SSSR count). The number of nitrogen functional groups attached to an aromatic ring is 1. The topological polar surface area (TPSA) is 64.3 Å². The molecule has 0 aliphatic heterocycles. The predicted molar refractivity (Wildman–Crippen MR) is 60.1 cm³/mol. The van der Waals surface area contributed by atoms with E-state index in [9.17, 15) is 4.79 Å². The van der Waals surface area contributed by atoms with Crippen molar-refractivity contribution in [1.29, 1.82) is 0 Å². The van der Waals surface area contributed by atoms with E-state index in [1.54, 1.807) is 25.3 Å². The van der Waals surface area contributed by atoms with Gasteiger partial charge in [0.25, 0.3) is 5.91 Å². The van der Waals surface area contributed by atoms with Gasteiger partial charge in [-0.1, -0.05) is 17.7 Å². The highest BCUT2D eigenvalue weighted by Crippen LogP contribution is 2.21. The molecule has 4 nitrogen and oxygen atoms in total. The van der Waals surface area contributed by atoms with E-state index in [1.165, 1.54) is 0 Å². The number of carbonyl (C=O) groups is 1. The first-order valence-corrected chi connectivity index (χ1v) is 4.85.